The lowest BCUT2D eigenvalue weighted by atomic mass is 10.1. The summed E-state index contributed by atoms with van der Waals surface area (Å²) in [6.07, 6.45) is 0.568. The molecule has 0 aromatic rings. The third-order valence-electron chi connectivity index (χ3n) is 1.68. The fourth-order valence-electron chi connectivity index (χ4n) is 0.838. The highest BCUT2D eigenvalue weighted by molar-refractivity contribution is 4.80. The molecule has 0 aliphatic carbocycles. The van der Waals surface area contributed by atoms with Crippen LogP contribution in [-0.4, -0.2) is 35.5 Å². The van der Waals surface area contributed by atoms with E-state index in [-0.39, 0.29) is 12.6 Å². The van der Waals surface area contributed by atoms with E-state index in [2.05, 4.69) is 11.4 Å². The molecule has 0 aromatic carbocycles. The highest BCUT2D eigenvalue weighted by Crippen LogP contribution is 1.95. The molecule has 0 radical (unpaired) electrons. The maximum absolute atomic E-state index is 8.98. The number of nitrogens with one attached hydrogen (secondary N) is 1. The number of aliphatic hydroxyl groups is 2. The van der Waals surface area contributed by atoms with E-state index in [4.69, 9.17) is 15.5 Å². The molecule has 0 aromatic heterocycles. The van der Waals surface area contributed by atoms with E-state index < -0.39 is 6.10 Å². The zero-order valence-electron chi connectivity index (χ0n) is 7.32. The molecule has 0 amide bonds. The summed E-state index contributed by atoms with van der Waals surface area (Å²) in [5.74, 6) is 0. The predicted octanol–water partition coefficient (Wildman–Crippen LogP) is -0.379. The van der Waals surface area contributed by atoms with Gasteiger partial charge in [0, 0.05) is 12.6 Å². The summed E-state index contributed by atoms with van der Waals surface area (Å²) in [4.78, 5) is 0. The molecule has 0 heterocycles. The van der Waals surface area contributed by atoms with Crippen LogP contribution in [0.5, 0.6) is 0 Å². The Morgan fingerprint density at radius 1 is 1.58 bits per heavy atom. The number of aliphatic hydroxyl groups excluding tert-OH is 2. The first-order valence-electron chi connectivity index (χ1n) is 4.13. The van der Waals surface area contributed by atoms with Crippen LogP contribution in [-0.2, 0) is 0 Å². The highest BCUT2D eigenvalue weighted by atomic mass is 16.3. The Morgan fingerprint density at radius 2 is 2.25 bits per heavy atom. The lowest BCUT2D eigenvalue weighted by molar-refractivity contribution is 0.0918. The standard InChI is InChI=1S/C8H16N2O2/c1-2-7(3-4-9)10-5-8(12)6-11/h7-8,10-12H,2-3,5-6H2,1H3. The van der Waals surface area contributed by atoms with Crippen LogP contribution >= 0.6 is 0 Å². The fraction of sp³-hybridized carbons (Fsp3) is 0.875. The van der Waals surface area contributed by atoms with Crippen molar-refractivity contribution in [3.63, 3.8) is 0 Å². The maximum atomic E-state index is 8.98. The van der Waals surface area contributed by atoms with E-state index in [1.165, 1.54) is 0 Å². The number of hydrogen-bond acceptors (Lipinski definition) is 4. The van der Waals surface area contributed by atoms with Crippen LogP contribution in [0.2, 0.25) is 0 Å². The zero-order chi connectivity index (χ0) is 9.40. The van der Waals surface area contributed by atoms with Gasteiger partial charge in [0.1, 0.15) is 0 Å². The van der Waals surface area contributed by atoms with Crippen LogP contribution in [0.1, 0.15) is 19.8 Å². The van der Waals surface area contributed by atoms with Crippen molar-refractivity contribution >= 4 is 0 Å². The average molecular weight is 172 g/mol. The first-order chi connectivity index (χ1) is 5.74. The lowest BCUT2D eigenvalue weighted by Crippen LogP contribution is -2.36. The molecular weight excluding hydrogens is 156 g/mol. The molecule has 0 bridgehead atoms. The van der Waals surface area contributed by atoms with Crippen molar-refractivity contribution in [1.82, 2.24) is 5.32 Å². The first kappa shape index (κ1) is 11.4. The summed E-state index contributed by atoms with van der Waals surface area (Å²) < 4.78 is 0. The number of hydrogen-bond donors (Lipinski definition) is 3. The molecule has 0 fully saturated rings. The zero-order valence-corrected chi connectivity index (χ0v) is 7.32. The molecule has 0 spiro atoms. The van der Waals surface area contributed by atoms with E-state index in [0.29, 0.717) is 13.0 Å². The highest BCUT2D eigenvalue weighted by Gasteiger charge is 2.07. The van der Waals surface area contributed by atoms with Gasteiger partial charge in [0.05, 0.1) is 25.2 Å². The van der Waals surface area contributed by atoms with Gasteiger partial charge < -0.3 is 15.5 Å². The molecule has 2 atom stereocenters. The van der Waals surface area contributed by atoms with Gasteiger partial charge in [-0.15, -0.1) is 0 Å². The second-order valence-electron chi connectivity index (χ2n) is 2.71. The second kappa shape index (κ2) is 7.04. The van der Waals surface area contributed by atoms with Gasteiger partial charge in [-0.05, 0) is 6.42 Å². The summed E-state index contributed by atoms with van der Waals surface area (Å²) in [7, 11) is 0. The Morgan fingerprint density at radius 3 is 2.67 bits per heavy atom. The van der Waals surface area contributed by atoms with Crippen molar-refractivity contribution in [3.05, 3.63) is 0 Å². The molecule has 0 rings (SSSR count). The molecule has 0 saturated carbocycles. The van der Waals surface area contributed by atoms with Crippen molar-refractivity contribution in [2.45, 2.75) is 31.9 Å². The second-order valence-corrected chi connectivity index (χ2v) is 2.71. The Hall–Kier alpha value is -0.630. The van der Waals surface area contributed by atoms with Crippen LogP contribution in [0.25, 0.3) is 0 Å². The lowest BCUT2D eigenvalue weighted by Gasteiger charge is -2.15. The van der Waals surface area contributed by atoms with Crippen molar-refractivity contribution in [2.75, 3.05) is 13.2 Å². The Kier molecular flexibility index (Phi) is 6.67. The van der Waals surface area contributed by atoms with Crippen LogP contribution in [0, 0.1) is 11.3 Å². The van der Waals surface area contributed by atoms with Crippen LogP contribution in [0.4, 0.5) is 0 Å². The smallest absolute Gasteiger partial charge is 0.0895 e. The molecule has 4 heteroatoms. The molecule has 2 unspecified atom stereocenters. The first-order valence-corrected chi connectivity index (χ1v) is 4.13. The molecule has 0 aliphatic heterocycles. The minimum atomic E-state index is -0.724. The quantitative estimate of drug-likeness (QED) is 0.510. The van der Waals surface area contributed by atoms with Gasteiger partial charge in [-0.1, -0.05) is 6.92 Å². The summed E-state index contributed by atoms with van der Waals surface area (Å²) in [5.41, 5.74) is 0. The normalized spacial score (nSPS) is 15.2. The van der Waals surface area contributed by atoms with Crippen LogP contribution in [0.15, 0.2) is 0 Å². The van der Waals surface area contributed by atoms with E-state index in [9.17, 15) is 0 Å². The van der Waals surface area contributed by atoms with Crippen molar-refractivity contribution < 1.29 is 10.2 Å². The fourth-order valence-corrected chi connectivity index (χ4v) is 0.838. The number of nitrogens with zero attached hydrogens (tertiary/aromatic N) is 1. The van der Waals surface area contributed by atoms with Gasteiger partial charge in [-0.2, -0.15) is 5.26 Å². The largest absolute Gasteiger partial charge is 0.394 e. The van der Waals surface area contributed by atoms with Crippen molar-refractivity contribution in [3.8, 4) is 6.07 Å². The summed E-state index contributed by atoms with van der Waals surface area (Å²) >= 11 is 0. The third-order valence-corrected chi connectivity index (χ3v) is 1.68. The minimum absolute atomic E-state index is 0.121. The summed E-state index contributed by atoms with van der Waals surface area (Å²) in [6.45, 7) is 2.08. The van der Waals surface area contributed by atoms with Crippen LogP contribution < -0.4 is 5.32 Å². The molecule has 12 heavy (non-hydrogen) atoms. The van der Waals surface area contributed by atoms with Crippen LogP contribution in [0.3, 0.4) is 0 Å². The van der Waals surface area contributed by atoms with E-state index in [1.54, 1.807) is 0 Å². The Labute approximate surface area is 72.8 Å². The predicted molar refractivity (Wildman–Crippen MR) is 45.4 cm³/mol. The Bertz CT molecular complexity index is 144. The Balaban J connectivity index is 3.51. The summed E-state index contributed by atoms with van der Waals surface area (Å²) in [5, 5.41) is 28.8. The molecule has 70 valence electrons. The SMILES string of the molecule is CCC(CC#N)NCC(O)CO. The van der Waals surface area contributed by atoms with Crippen molar-refractivity contribution in [1.29, 1.82) is 5.26 Å². The van der Waals surface area contributed by atoms with E-state index >= 15 is 0 Å². The van der Waals surface area contributed by atoms with E-state index in [1.807, 2.05) is 6.92 Å². The molecule has 0 saturated heterocycles. The average Bonchev–Trinajstić information content (AvgIpc) is 2.11. The molecule has 0 aliphatic rings. The van der Waals surface area contributed by atoms with Gasteiger partial charge >= 0.3 is 0 Å². The molecular formula is C8H16N2O2. The summed E-state index contributed by atoms with van der Waals surface area (Å²) in [6, 6.07) is 2.18. The van der Waals surface area contributed by atoms with Gasteiger partial charge in [-0.25, -0.2) is 0 Å². The molecule has 4 nitrogen and oxygen atoms in total. The monoisotopic (exact) mass is 172 g/mol. The minimum Gasteiger partial charge on any atom is -0.394 e. The molecule has 3 N–H and O–H groups in total. The van der Waals surface area contributed by atoms with Crippen molar-refractivity contribution in [2.24, 2.45) is 0 Å². The number of rotatable bonds is 6. The maximum Gasteiger partial charge on any atom is 0.0895 e. The van der Waals surface area contributed by atoms with Gasteiger partial charge in [0.15, 0.2) is 0 Å². The van der Waals surface area contributed by atoms with Gasteiger partial charge in [0.2, 0.25) is 0 Å². The van der Waals surface area contributed by atoms with Gasteiger partial charge in [0.25, 0.3) is 0 Å². The number of nitriles is 1. The van der Waals surface area contributed by atoms with Gasteiger partial charge in [-0.3, -0.25) is 0 Å². The third kappa shape index (κ3) is 5.08. The topological polar surface area (TPSA) is 76.3 Å². The van der Waals surface area contributed by atoms with E-state index in [0.717, 1.165) is 6.42 Å².